The van der Waals surface area contributed by atoms with Crippen LogP contribution in [-0.4, -0.2) is 6.29 Å². The van der Waals surface area contributed by atoms with E-state index in [1.807, 2.05) is 0 Å². The summed E-state index contributed by atoms with van der Waals surface area (Å²) >= 11 is 10.3. The van der Waals surface area contributed by atoms with E-state index in [1.54, 1.807) is 0 Å². The quantitative estimate of drug-likeness (QED) is 0.599. The van der Waals surface area contributed by atoms with Crippen molar-refractivity contribution >= 4 is 34.8 Å². The Kier molecular flexibility index (Phi) is 3.37. The van der Waals surface area contributed by atoms with Gasteiger partial charge in [-0.05, 0) is 24.3 Å². The first-order valence-electron chi connectivity index (χ1n) is 3.25. The predicted octanol–water partition coefficient (Wildman–Crippen LogP) is 3.46. The molecule has 0 bridgehead atoms. The molecule has 0 aliphatic rings. The second-order valence-electron chi connectivity index (χ2n) is 2.19. The van der Waals surface area contributed by atoms with Crippen molar-refractivity contribution in [2.75, 3.05) is 0 Å². The maximum absolute atomic E-state index is 10.8. The van der Waals surface area contributed by atoms with Crippen LogP contribution in [0.4, 0.5) is 0 Å². The second kappa shape index (κ2) is 4.14. The summed E-state index contributed by atoms with van der Waals surface area (Å²) < 4.78 is 15.4. The third-order valence-electron chi connectivity index (χ3n) is 1.23. The molecule has 0 atom stereocenters. The van der Waals surface area contributed by atoms with Crippen LogP contribution in [-0.2, 0) is 4.57 Å². The fourth-order valence-electron chi connectivity index (χ4n) is 0.730. The number of rotatable bonds is 3. The van der Waals surface area contributed by atoms with E-state index in [4.69, 9.17) is 22.5 Å². The van der Waals surface area contributed by atoms with Crippen molar-refractivity contribution in [1.82, 2.24) is 0 Å². The minimum absolute atomic E-state index is 0.263. The van der Waals surface area contributed by atoms with Crippen LogP contribution in [0.15, 0.2) is 24.3 Å². The summed E-state index contributed by atoms with van der Waals surface area (Å²) in [6.07, 6.45) is -2.87. The van der Waals surface area contributed by atoms with Crippen LogP contribution in [0.25, 0.3) is 0 Å². The molecule has 0 aromatic heterocycles. The molecule has 1 aromatic rings. The smallest absolute Gasteiger partial charge is 0.422 e. The number of carbonyl (C=O) groups excluding carboxylic acids is 1. The first kappa shape index (κ1) is 10.6. The molecule has 13 heavy (non-hydrogen) atoms. The number of hydrogen-bond donors (Lipinski definition) is 0. The first-order valence-corrected chi connectivity index (χ1v) is 6.69. The highest BCUT2D eigenvalue weighted by atomic mass is 35.9. The summed E-state index contributed by atoms with van der Waals surface area (Å²) in [7, 11) is 0. The lowest BCUT2D eigenvalue weighted by Gasteiger charge is -2.04. The van der Waals surface area contributed by atoms with Crippen molar-refractivity contribution in [3.05, 3.63) is 29.8 Å². The summed E-state index contributed by atoms with van der Waals surface area (Å²) in [5, 5.41) is 0. The number of hydrogen-bond acceptors (Lipinski definition) is 3. The fraction of sp³-hybridized carbons (Fsp3) is 0. The molecule has 70 valence electrons. The third kappa shape index (κ3) is 3.81. The largest absolute Gasteiger partial charge is 0.428 e. The van der Waals surface area contributed by atoms with Crippen LogP contribution in [0.5, 0.6) is 5.75 Å². The predicted molar refractivity (Wildman–Crippen MR) is 51.8 cm³/mol. The van der Waals surface area contributed by atoms with Gasteiger partial charge in [0.25, 0.3) is 0 Å². The molecule has 0 spiro atoms. The lowest BCUT2D eigenvalue weighted by atomic mass is 10.2. The minimum Gasteiger partial charge on any atom is -0.422 e. The molecule has 0 unspecified atom stereocenters. The van der Waals surface area contributed by atoms with Gasteiger partial charge in [0, 0.05) is 28.0 Å². The van der Waals surface area contributed by atoms with Gasteiger partial charge in [-0.1, -0.05) is 0 Å². The SMILES string of the molecule is O=Cc1ccc(OP(=O)(Cl)Cl)cc1. The molecule has 1 aromatic carbocycles. The van der Waals surface area contributed by atoms with Gasteiger partial charge >= 0.3 is 6.07 Å². The maximum Gasteiger partial charge on any atom is 0.428 e. The van der Waals surface area contributed by atoms with Gasteiger partial charge in [-0.2, -0.15) is 0 Å². The van der Waals surface area contributed by atoms with E-state index in [2.05, 4.69) is 4.52 Å². The van der Waals surface area contributed by atoms with E-state index in [-0.39, 0.29) is 5.75 Å². The normalized spacial score (nSPS) is 10.9. The molecular weight excluding hydrogens is 234 g/mol. The zero-order valence-corrected chi connectivity index (χ0v) is 8.72. The highest BCUT2D eigenvalue weighted by molar-refractivity contribution is 8.05. The van der Waals surface area contributed by atoms with Crippen LogP contribution >= 0.6 is 28.6 Å². The van der Waals surface area contributed by atoms with Crippen LogP contribution in [0.1, 0.15) is 10.4 Å². The maximum atomic E-state index is 10.8. The van der Waals surface area contributed by atoms with Crippen molar-refractivity contribution in [1.29, 1.82) is 0 Å². The second-order valence-corrected chi connectivity index (χ2v) is 6.39. The average molecular weight is 239 g/mol. The Morgan fingerprint density at radius 2 is 1.77 bits per heavy atom. The summed E-state index contributed by atoms with van der Waals surface area (Å²) in [5.41, 5.74) is 0.492. The highest BCUT2D eigenvalue weighted by Crippen LogP contribution is 2.56. The van der Waals surface area contributed by atoms with Crippen molar-refractivity contribution in [3.63, 3.8) is 0 Å². The zero-order chi connectivity index (χ0) is 9.90. The number of benzene rings is 1. The monoisotopic (exact) mass is 238 g/mol. The average Bonchev–Trinajstić information content (AvgIpc) is 2.03. The first-order chi connectivity index (χ1) is 6.01. The third-order valence-corrected chi connectivity index (χ3v) is 2.07. The van der Waals surface area contributed by atoms with Gasteiger partial charge in [0.15, 0.2) is 0 Å². The molecule has 0 aliphatic heterocycles. The van der Waals surface area contributed by atoms with E-state index >= 15 is 0 Å². The molecule has 3 nitrogen and oxygen atoms in total. The summed E-state index contributed by atoms with van der Waals surface area (Å²) in [5.74, 6) is 0.263. The Labute approximate surface area is 84.6 Å². The molecule has 0 saturated heterocycles. The number of carbonyl (C=O) groups is 1. The molecule has 0 fully saturated rings. The molecule has 6 heteroatoms. The summed E-state index contributed by atoms with van der Waals surface area (Å²) in [6.45, 7) is 0. The lowest BCUT2D eigenvalue weighted by molar-refractivity contribution is 0.112. The van der Waals surface area contributed by atoms with Crippen molar-refractivity contribution in [3.8, 4) is 5.75 Å². The van der Waals surface area contributed by atoms with Crippen LogP contribution in [0, 0.1) is 0 Å². The molecular formula is C7H5Cl2O3P. The van der Waals surface area contributed by atoms with Crippen molar-refractivity contribution in [2.45, 2.75) is 0 Å². The van der Waals surface area contributed by atoms with Gasteiger partial charge in [-0.25, -0.2) is 4.57 Å². The molecule has 0 N–H and O–H groups in total. The van der Waals surface area contributed by atoms with E-state index in [0.717, 1.165) is 0 Å². The van der Waals surface area contributed by atoms with Crippen LogP contribution in [0.2, 0.25) is 0 Å². The standard InChI is InChI=1S/C7H5Cl2O3P/c8-13(9,11)12-7-3-1-6(5-10)2-4-7/h1-5H. The summed E-state index contributed by atoms with van der Waals surface area (Å²) in [6, 6.07) is 5.93. The lowest BCUT2D eigenvalue weighted by Crippen LogP contribution is -1.83. The molecule has 0 amide bonds. The molecule has 0 radical (unpaired) electrons. The number of halogens is 2. The Bertz CT molecular complexity index is 343. The molecule has 0 saturated carbocycles. The molecule has 1 rings (SSSR count). The Hall–Kier alpha value is -0.500. The van der Waals surface area contributed by atoms with Gasteiger partial charge in [0.1, 0.15) is 12.0 Å². The zero-order valence-electron chi connectivity index (χ0n) is 6.31. The Morgan fingerprint density at radius 3 is 2.15 bits per heavy atom. The van der Waals surface area contributed by atoms with E-state index in [0.29, 0.717) is 11.8 Å². The van der Waals surface area contributed by atoms with Gasteiger partial charge < -0.3 is 4.52 Å². The van der Waals surface area contributed by atoms with Crippen molar-refractivity contribution < 1.29 is 13.9 Å². The van der Waals surface area contributed by atoms with Gasteiger partial charge in [0.05, 0.1) is 0 Å². The minimum atomic E-state index is -3.56. The topological polar surface area (TPSA) is 43.4 Å². The number of aldehydes is 1. The highest BCUT2D eigenvalue weighted by Gasteiger charge is 2.15. The molecule has 0 aliphatic carbocycles. The van der Waals surface area contributed by atoms with E-state index < -0.39 is 6.07 Å². The summed E-state index contributed by atoms with van der Waals surface area (Å²) in [4.78, 5) is 10.3. The van der Waals surface area contributed by atoms with Crippen molar-refractivity contribution in [2.24, 2.45) is 0 Å². The van der Waals surface area contributed by atoms with Crippen LogP contribution in [0.3, 0.4) is 0 Å². The van der Waals surface area contributed by atoms with E-state index in [9.17, 15) is 9.36 Å². The van der Waals surface area contributed by atoms with Crippen LogP contribution < -0.4 is 4.52 Å². The van der Waals surface area contributed by atoms with E-state index in [1.165, 1.54) is 24.3 Å². The Morgan fingerprint density at radius 1 is 1.23 bits per heavy atom. The Balaban J connectivity index is 2.81. The fourth-order valence-corrected chi connectivity index (χ4v) is 1.58. The van der Waals surface area contributed by atoms with Gasteiger partial charge in [0.2, 0.25) is 0 Å². The molecule has 0 heterocycles. The van der Waals surface area contributed by atoms with Gasteiger partial charge in [-0.3, -0.25) is 4.79 Å². The van der Waals surface area contributed by atoms with Gasteiger partial charge in [-0.15, -0.1) is 0 Å².